The number of hydrogen-bond acceptors (Lipinski definition) is 5. The van der Waals surface area contributed by atoms with Gasteiger partial charge in [0.25, 0.3) is 0 Å². The van der Waals surface area contributed by atoms with Gasteiger partial charge in [0.15, 0.2) is 0 Å². The molecule has 2 aromatic rings. The zero-order valence-electron chi connectivity index (χ0n) is 10.5. The van der Waals surface area contributed by atoms with Gasteiger partial charge in [0, 0.05) is 29.8 Å². The van der Waals surface area contributed by atoms with E-state index in [4.69, 9.17) is 0 Å². The Bertz CT molecular complexity index is 495. The lowest BCUT2D eigenvalue weighted by Crippen LogP contribution is -2.26. The van der Waals surface area contributed by atoms with Crippen LogP contribution in [0.2, 0.25) is 0 Å². The maximum absolute atomic E-state index is 9.20. The highest BCUT2D eigenvalue weighted by molar-refractivity contribution is 5.61. The maximum Gasteiger partial charge on any atom is 0.204 e. The number of aliphatic hydroxyl groups is 1. The van der Waals surface area contributed by atoms with Crippen molar-refractivity contribution >= 4 is 5.69 Å². The van der Waals surface area contributed by atoms with Crippen LogP contribution in [0.25, 0.3) is 11.4 Å². The first-order valence-corrected chi connectivity index (χ1v) is 5.79. The fourth-order valence-electron chi connectivity index (χ4n) is 1.45. The number of anilines is 1. The van der Waals surface area contributed by atoms with E-state index in [0.717, 1.165) is 11.3 Å². The third-order valence-corrected chi connectivity index (χ3v) is 2.67. The maximum atomic E-state index is 9.20. The molecular weight excluding hydrogens is 230 g/mol. The topological polar surface area (TPSA) is 86.7 Å². The van der Waals surface area contributed by atoms with Crippen molar-refractivity contribution in [2.24, 2.45) is 5.41 Å². The summed E-state index contributed by atoms with van der Waals surface area (Å²) in [6.07, 6.45) is 0. The van der Waals surface area contributed by atoms with Gasteiger partial charge in [0.2, 0.25) is 5.82 Å². The lowest BCUT2D eigenvalue weighted by atomic mass is 9.95. The van der Waals surface area contributed by atoms with Gasteiger partial charge >= 0.3 is 0 Å². The van der Waals surface area contributed by atoms with Crippen molar-refractivity contribution in [1.29, 1.82) is 0 Å². The molecule has 0 radical (unpaired) electrons. The first-order chi connectivity index (χ1) is 8.61. The minimum Gasteiger partial charge on any atom is -0.396 e. The van der Waals surface area contributed by atoms with Gasteiger partial charge in [0.05, 0.1) is 0 Å². The standard InChI is InChI=1S/C12H17N5O/c1-12(2,8-18)7-13-10-5-3-4-9(6-10)11-14-16-17-15-11/h3-6,13,18H,7-8H2,1-2H3,(H,14,15,16,17). The number of benzene rings is 1. The van der Waals surface area contributed by atoms with Crippen molar-refractivity contribution in [2.45, 2.75) is 13.8 Å². The molecule has 0 aliphatic rings. The van der Waals surface area contributed by atoms with Crippen LogP contribution < -0.4 is 5.32 Å². The Hall–Kier alpha value is -1.95. The summed E-state index contributed by atoms with van der Waals surface area (Å²) in [5.74, 6) is 0.570. The summed E-state index contributed by atoms with van der Waals surface area (Å²) in [4.78, 5) is 0. The molecule has 0 bridgehead atoms. The molecule has 6 heteroatoms. The molecule has 96 valence electrons. The fourth-order valence-corrected chi connectivity index (χ4v) is 1.45. The molecule has 2 rings (SSSR count). The largest absolute Gasteiger partial charge is 0.396 e. The highest BCUT2D eigenvalue weighted by Gasteiger charge is 2.15. The van der Waals surface area contributed by atoms with Crippen LogP contribution >= 0.6 is 0 Å². The molecule has 0 aliphatic carbocycles. The smallest absolute Gasteiger partial charge is 0.204 e. The molecule has 0 spiro atoms. The van der Waals surface area contributed by atoms with Crippen LogP contribution in [-0.2, 0) is 0 Å². The SMILES string of the molecule is CC(C)(CO)CNc1cccc(-c2nn[nH]n2)c1. The van der Waals surface area contributed by atoms with E-state index >= 15 is 0 Å². The third kappa shape index (κ3) is 3.04. The Balaban J connectivity index is 2.09. The molecule has 0 aliphatic heterocycles. The number of nitrogens with zero attached hydrogens (tertiary/aromatic N) is 3. The highest BCUT2D eigenvalue weighted by atomic mass is 16.3. The van der Waals surface area contributed by atoms with Crippen LogP contribution in [0.3, 0.4) is 0 Å². The number of aromatic amines is 1. The summed E-state index contributed by atoms with van der Waals surface area (Å²) in [6, 6.07) is 7.78. The van der Waals surface area contributed by atoms with Crippen LogP contribution in [0.5, 0.6) is 0 Å². The van der Waals surface area contributed by atoms with E-state index in [-0.39, 0.29) is 12.0 Å². The number of rotatable bonds is 5. The zero-order valence-corrected chi connectivity index (χ0v) is 10.5. The molecule has 3 N–H and O–H groups in total. The van der Waals surface area contributed by atoms with E-state index in [0.29, 0.717) is 12.4 Å². The lowest BCUT2D eigenvalue weighted by Gasteiger charge is -2.22. The van der Waals surface area contributed by atoms with Crippen molar-refractivity contribution in [3.63, 3.8) is 0 Å². The van der Waals surface area contributed by atoms with Crippen LogP contribution in [0, 0.1) is 5.41 Å². The summed E-state index contributed by atoms with van der Waals surface area (Å²) < 4.78 is 0. The van der Waals surface area contributed by atoms with E-state index in [2.05, 4.69) is 25.9 Å². The van der Waals surface area contributed by atoms with E-state index < -0.39 is 0 Å². The van der Waals surface area contributed by atoms with Crippen LogP contribution in [0.15, 0.2) is 24.3 Å². The molecule has 6 nitrogen and oxygen atoms in total. The summed E-state index contributed by atoms with van der Waals surface area (Å²) in [5.41, 5.74) is 1.72. The Morgan fingerprint density at radius 2 is 2.22 bits per heavy atom. The van der Waals surface area contributed by atoms with Gasteiger partial charge in [-0.1, -0.05) is 26.0 Å². The predicted octanol–water partition coefficient (Wildman–Crippen LogP) is 1.30. The second kappa shape index (κ2) is 5.14. The average molecular weight is 247 g/mol. The van der Waals surface area contributed by atoms with Crippen molar-refractivity contribution in [3.05, 3.63) is 24.3 Å². The van der Waals surface area contributed by atoms with Crippen molar-refractivity contribution in [3.8, 4) is 11.4 Å². The van der Waals surface area contributed by atoms with Gasteiger partial charge in [-0.15, -0.1) is 10.2 Å². The minimum atomic E-state index is -0.151. The Labute approximate surface area is 105 Å². The van der Waals surface area contributed by atoms with Gasteiger partial charge < -0.3 is 10.4 Å². The number of tetrazole rings is 1. The molecule has 0 saturated heterocycles. The Kier molecular flexibility index (Phi) is 3.57. The van der Waals surface area contributed by atoms with Gasteiger partial charge in [-0.2, -0.15) is 5.21 Å². The van der Waals surface area contributed by atoms with Crippen LogP contribution in [-0.4, -0.2) is 38.9 Å². The predicted molar refractivity (Wildman–Crippen MR) is 69.0 cm³/mol. The van der Waals surface area contributed by atoms with Gasteiger partial charge in [-0.3, -0.25) is 0 Å². The minimum absolute atomic E-state index is 0.143. The molecule has 18 heavy (non-hydrogen) atoms. The number of hydrogen-bond donors (Lipinski definition) is 3. The molecule has 1 heterocycles. The molecular formula is C12H17N5O. The first-order valence-electron chi connectivity index (χ1n) is 5.79. The first kappa shape index (κ1) is 12.5. The normalized spacial score (nSPS) is 11.5. The van der Waals surface area contributed by atoms with Gasteiger partial charge in [-0.05, 0) is 17.3 Å². The van der Waals surface area contributed by atoms with E-state index in [9.17, 15) is 5.11 Å². The molecule has 0 amide bonds. The lowest BCUT2D eigenvalue weighted by molar-refractivity contribution is 0.171. The molecule has 1 aromatic heterocycles. The van der Waals surface area contributed by atoms with E-state index in [1.54, 1.807) is 0 Å². The molecule has 0 saturated carbocycles. The fraction of sp³-hybridized carbons (Fsp3) is 0.417. The van der Waals surface area contributed by atoms with Crippen LogP contribution in [0.1, 0.15) is 13.8 Å². The third-order valence-electron chi connectivity index (χ3n) is 2.67. The second-order valence-electron chi connectivity index (χ2n) is 4.99. The highest BCUT2D eigenvalue weighted by Crippen LogP contribution is 2.20. The second-order valence-corrected chi connectivity index (χ2v) is 4.99. The molecule has 0 atom stereocenters. The summed E-state index contributed by atoms with van der Waals surface area (Å²) >= 11 is 0. The number of H-pyrrole nitrogens is 1. The molecule has 1 aromatic carbocycles. The van der Waals surface area contributed by atoms with Crippen molar-refractivity contribution in [2.75, 3.05) is 18.5 Å². The van der Waals surface area contributed by atoms with Gasteiger partial charge in [0.1, 0.15) is 0 Å². The Morgan fingerprint density at radius 1 is 1.39 bits per heavy atom. The number of nitrogens with one attached hydrogen (secondary N) is 2. The van der Waals surface area contributed by atoms with Gasteiger partial charge in [-0.25, -0.2) is 0 Å². The quantitative estimate of drug-likeness (QED) is 0.741. The number of aliphatic hydroxyl groups excluding tert-OH is 1. The van der Waals surface area contributed by atoms with E-state index in [1.807, 2.05) is 38.1 Å². The van der Waals surface area contributed by atoms with E-state index in [1.165, 1.54) is 0 Å². The van der Waals surface area contributed by atoms with Crippen molar-refractivity contribution < 1.29 is 5.11 Å². The summed E-state index contributed by atoms with van der Waals surface area (Å²) in [5, 5.41) is 26.3. The monoisotopic (exact) mass is 247 g/mol. The zero-order chi connectivity index (χ0) is 13.0. The number of aromatic nitrogens is 4. The van der Waals surface area contributed by atoms with Crippen molar-refractivity contribution in [1.82, 2.24) is 20.6 Å². The molecule has 0 fully saturated rings. The molecule has 0 unspecified atom stereocenters. The summed E-state index contributed by atoms with van der Waals surface area (Å²) in [6.45, 7) is 4.84. The Morgan fingerprint density at radius 3 is 2.89 bits per heavy atom. The summed E-state index contributed by atoms with van der Waals surface area (Å²) in [7, 11) is 0. The van der Waals surface area contributed by atoms with Crippen LogP contribution in [0.4, 0.5) is 5.69 Å². The average Bonchev–Trinajstić information content (AvgIpc) is 2.91.